The number of hydrogen-bond donors (Lipinski definition) is 1. The molecule has 1 N–H and O–H groups in total. The normalized spacial score (nSPS) is 16.3. The highest BCUT2D eigenvalue weighted by atomic mass is 16.1. The molecule has 148 valence electrons. The van der Waals surface area contributed by atoms with Crippen LogP contribution in [0, 0.1) is 20.8 Å². The summed E-state index contributed by atoms with van der Waals surface area (Å²) < 4.78 is 0. The van der Waals surface area contributed by atoms with Crippen molar-refractivity contribution in [2.45, 2.75) is 46.6 Å². The maximum absolute atomic E-state index is 13.0. The van der Waals surface area contributed by atoms with Gasteiger partial charge in [0.25, 0.3) is 5.56 Å². The molecule has 0 spiro atoms. The zero-order valence-corrected chi connectivity index (χ0v) is 17.4. The number of hydrogen-bond acceptors (Lipinski definition) is 4. The molecule has 1 unspecified atom stereocenters. The van der Waals surface area contributed by atoms with Crippen LogP contribution in [0.25, 0.3) is 10.9 Å². The van der Waals surface area contributed by atoms with Gasteiger partial charge >= 0.3 is 0 Å². The van der Waals surface area contributed by atoms with Crippen molar-refractivity contribution in [1.82, 2.24) is 15.0 Å². The molecule has 1 aromatic carbocycles. The highest BCUT2D eigenvalue weighted by molar-refractivity contribution is 6.05. The number of allylic oxidation sites excluding steroid dienone is 1. The summed E-state index contributed by atoms with van der Waals surface area (Å²) in [5.74, 6) is 0. The van der Waals surface area contributed by atoms with Crippen molar-refractivity contribution in [1.29, 1.82) is 0 Å². The Morgan fingerprint density at radius 2 is 1.93 bits per heavy atom. The molecule has 0 fully saturated rings. The molecule has 3 heterocycles. The number of benzene rings is 1. The summed E-state index contributed by atoms with van der Waals surface area (Å²) in [6, 6.07) is 10.5. The number of rotatable bonds is 4. The molecule has 1 aliphatic heterocycles. The molecule has 0 aliphatic carbocycles. The third-order valence-corrected chi connectivity index (χ3v) is 5.78. The van der Waals surface area contributed by atoms with Gasteiger partial charge in [0.15, 0.2) is 0 Å². The monoisotopic (exact) mass is 386 g/mol. The second-order valence-corrected chi connectivity index (χ2v) is 7.71. The summed E-state index contributed by atoms with van der Waals surface area (Å²) in [6.45, 7) is 12.3. The second-order valence-electron chi connectivity index (χ2n) is 7.71. The van der Waals surface area contributed by atoms with E-state index in [1.807, 2.05) is 24.9 Å². The largest absolute Gasteiger partial charge is 0.320 e. The highest BCUT2D eigenvalue weighted by Gasteiger charge is 2.32. The fourth-order valence-electron chi connectivity index (χ4n) is 4.03. The summed E-state index contributed by atoms with van der Waals surface area (Å²) >= 11 is 0. The van der Waals surface area contributed by atoms with Crippen molar-refractivity contribution in [3.63, 3.8) is 0 Å². The van der Waals surface area contributed by atoms with E-state index in [0.717, 1.165) is 40.0 Å². The van der Waals surface area contributed by atoms with Crippen LogP contribution in [0.1, 0.15) is 53.8 Å². The first kappa shape index (κ1) is 19.1. The van der Waals surface area contributed by atoms with Crippen molar-refractivity contribution < 1.29 is 0 Å². The van der Waals surface area contributed by atoms with Gasteiger partial charge in [-0.1, -0.05) is 43.3 Å². The zero-order chi connectivity index (χ0) is 20.7. The number of fused-ring (bicyclic) bond motifs is 1. The standard InChI is InChI=1S/C24H26N4O/c1-6-15(3)28-21(18-9-7-14(2)8-10-18)13-20(27-28)22-16(4)19-11-12-25-17(5)23(19)26-24(22)29/h7-12,21H,3,6,13H2,1-2,4-5H3,(H,26,29). The molecule has 0 saturated carbocycles. The average molecular weight is 386 g/mol. The molecule has 1 atom stereocenters. The maximum Gasteiger partial charge on any atom is 0.257 e. The van der Waals surface area contributed by atoms with E-state index in [1.165, 1.54) is 11.1 Å². The molecule has 2 aromatic heterocycles. The van der Waals surface area contributed by atoms with Crippen LogP contribution in [0.15, 0.2) is 58.7 Å². The van der Waals surface area contributed by atoms with Crippen LogP contribution >= 0.6 is 0 Å². The molecule has 5 heteroatoms. The van der Waals surface area contributed by atoms with Crippen LogP contribution in [-0.2, 0) is 0 Å². The average Bonchev–Trinajstić information content (AvgIpc) is 3.14. The minimum Gasteiger partial charge on any atom is -0.320 e. The number of aromatic amines is 1. The number of nitrogens with zero attached hydrogens (tertiary/aromatic N) is 3. The third kappa shape index (κ3) is 3.27. The van der Waals surface area contributed by atoms with E-state index < -0.39 is 0 Å². The van der Waals surface area contributed by atoms with Crippen molar-refractivity contribution in [3.8, 4) is 0 Å². The summed E-state index contributed by atoms with van der Waals surface area (Å²) in [5, 5.41) is 7.87. The minimum absolute atomic E-state index is 0.0479. The molecule has 1 aliphatic rings. The number of hydrazone groups is 1. The lowest BCUT2D eigenvalue weighted by Crippen LogP contribution is -2.20. The molecule has 4 rings (SSSR count). The van der Waals surface area contributed by atoms with Gasteiger partial charge in [-0.15, -0.1) is 0 Å². The summed E-state index contributed by atoms with van der Waals surface area (Å²) in [7, 11) is 0. The number of H-pyrrole nitrogens is 1. The Morgan fingerprint density at radius 3 is 2.62 bits per heavy atom. The molecule has 0 saturated heterocycles. The highest BCUT2D eigenvalue weighted by Crippen LogP contribution is 2.36. The first-order chi connectivity index (χ1) is 13.9. The lowest BCUT2D eigenvalue weighted by Gasteiger charge is -2.25. The van der Waals surface area contributed by atoms with Crippen LogP contribution in [-0.4, -0.2) is 20.7 Å². The fourth-order valence-corrected chi connectivity index (χ4v) is 4.03. The lowest BCUT2D eigenvalue weighted by atomic mass is 9.95. The van der Waals surface area contributed by atoms with Crippen LogP contribution < -0.4 is 5.56 Å². The van der Waals surface area contributed by atoms with Gasteiger partial charge in [-0.2, -0.15) is 5.10 Å². The SMILES string of the molecule is C=C(CC)N1N=C(c2c(C)c3ccnc(C)c3[nH]c2=O)CC1c1ccc(C)cc1. The maximum atomic E-state index is 13.0. The van der Waals surface area contributed by atoms with Gasteiger partial charge in [-0.25, -0.2) is 0 Å². The lowest BCUT2D eigenvalue weighted by molar-refractivity contribution is 0.293. The fraction of sp³-hybridized carbons (Fsp3) is 0.292. The van der Waals surface area contributed by atoms with Crippen LogP contribution in [0.4, 0.5) is 0 Å². The van der Waals surface area contributed by atoms with Crippen LogP contribution in [0.3, 0.4) is 0 Å². The topological polar surface area (TPSA) is 61.4 Å². The van der Waals surface area contributed by atoms with E-state index in [0.29, 0.717) is 12.0 Å². The van der Waals surface area contributed by atoms with Crippen LogP contribution in [0.5, 0.6) is 0 Å². The third-order valence-electron chi connectivity index (χ3n) is 5.78. The van der Waals surface area contributed by atoms with Gasteiger partial charge in [-0.05, 0) is 44.4 Å². The number of aromatic nitrogens is 2. The van der Waals surface area contributed by atoms with Gasteiger partial charge in [0.2, 0.25) is 0 Å². The Hall–Kier alpha value is -3.21. The number of pyridine rings is 2. The van der Waals surface area contributed by atoms with Crippen molar-refractivity contribution in [3.05, 3.63) is 87.1 Å². The van der Waals surface area contributed by atoms with Crippen LogP contribution in [0.2, 0.25) is 0 Å². The molecule has 5 nitrogen and oxygen atoms in total. The van der Waals surface area contributed by atoms with E-state index >= 15 is 0 Å². The molecule has 29 heavy (non-hydrogen) atoms. The minimum atomic E-state index is -0.114. The second kappa shape index (κ2) is 7.32. The quantitative estimate of drug-likeness (QED) is 0.692. The molecule has 3 aromatic rings. The number of aryl methyl sites for hydroxylation is 3. The predicted molar refractivity (Wildman–Crippen MR) is 118 cm³/mol. The predicted octanol–water partition coefficient (Wildman–Crippen LogP) is 4.92. The van der Waals surface area contributed by atoms with Gasteiger partial charge in [-0.3, -0.25) is 14.8 Å². The zero-order valence-electron chi connectivity index (χ0n) is 17.4. The Bertz CT molecular complexity index is 1190. The van der Waals surface area contributed by atoms with E-state index in [2.05, 4.69) is 54.7 Å². The van der Waals surface area contributed by atoms with Gasteiger partial charge in [0.05, 0.1) is 28.5 Å². The van der Waals surface area contributed by atoms with Gasteiger partial charge in [0.1, 0.15) is 0 Å². The van der Waals surface area contributed by atoms with Gasteiger partial charge in [0, 0.05) is 23.7 Å². The Kier molecular flexibility index (Phi) is 4.82. The summed E-state index contributed by atoms with van der Waals surface area (Å²) in [5.41, 5.74) is 7.25. The van der Waals surface area contributed by atoms with E-state index in [4.69, 9.17) is 5.10 Å². The Morgan fingerprint density at radius 1 is 1.21 bits per heavy atom. The molecule has 0 amide bonds. The Labute approximate surface area is 170 Å². The molecular weight excluding hydrogens is 360 g/mol. The summed E-state index contributed by atoms with van der Waals surface area (Å²) in [4.78, 5) is 20.3. The van der Waals surface area contributed by atoms with Crippen molar-refractivity contribution in [2.75, 3.05) is 0 Å². The molecule has 0 radical (unpaired) electrons. The first-order valence-electron chi connectivity index (χ1n) is 10.00. The molecule has 0 bridgehead atoms. The smallest absolute Gasteiger partial charge is 0.257 e. The van der Waals surface area contributed by atoms with E-state index in [-0.39, 0.29) is 11.6 Å². The number of nitrogens with one attached hydrogen (secondary N) is 1. The first-order valence-corrected chi connectivity index (χ1v) is 10.00. The Balaban J connectivity index is 1.84. The van der Waals surface area contributed by atoms with Crippen molar-refractivity contribution in [2.24, 2.45) is 5.10 Å². The van der Waals surface area contributed by atoms with E-state index in [9.17, 15) is 4.79 Å². The van der Waals surface area contributed by atoms with E-state index in [1.54, 1.807) is 6.20 Å². The summed E-state index contributed by atoms with van der Waals surface area (Å²) in [6.07, 6.45) is 3.25. The molecular formula is C24H26N4O. The van der Waals surface area contributed by atoms with Gasteiger partial charge < -0.3 is 4.98 Å². The van der Waals surface area contributed by atoms with Crippen molar-refractivity contribution >= 4 is 16.6 Å².